The standard InChI is InChI=1S/C16H23N3O2/c1-21-15-9-12(8-13(17)10-15)16(20)19-7-6-18-5-3-2-4-14(18)11-19/h8-10,14H,2-7,11,17H2,1H3. The van der Waals surface area contributed by atoms with Crippen molar-refractivity contribution in [2.45, 2.75) is 25.3 Å². The lowest BCUT2D eigenvalue weighted by molar-refractivity contribution is 0.0372. The highest BCUT2D eigenvalue weighted by atomic mass is 16.5. The number of carbonyl (C=O) groups excluding carboxylic acids is 1. The molecular weight excluding hydrogens is 266 g/mol. The van der Waals surface area contributed by atoms with Gasteiger partial charge in [-0.15, -0.1) is 0 Å². The molecule has 2 heterocycles. The van der Waals surface area contributed by atoms with Crippen LogP contribution in [0.15, 0.2) is 18.2 Å². The number of piperazine rings is 1. The Hall–Kier alpha value is -1.75. The Morgan fingerprint density at radius 1 is 1.24 bits per heavy atom. The van der Waals surface area contributed by atoms with Crippen LogP contribution < -0.4 is 10.5 Å². The first-order valence-corrected chi connectivity index (χ1v) is 7.65. The Bertz CT molecular complexity index is 532. The lowest BCUT2D eigenvalue weighted by Crippen LogP contribution is -2.56. The Morgan fingerprint density at radius 3 is 2.90 bits per heavy atom. The Morgan fingerprint density at radius 2 is 2.10 bits per heavy atom. The maximum absolute atomic E-state index is 12.7. The van der Waals surface area contributed by atoms with Gasteiger partial charge < -0.3 is 15.4 Å². The van der Waals surface area contributed by atoms with Crippen LogP contribution in [0.25, 0.3) is 0 Å². The summed E-state index contributed by atoms with van der Waals surface area (Å²) in [4.78, 5) is 17.2. The van der Waals surface area contributed by atoms with E-state index in [9.17, 15) is 4.79 Å². The number of benzene rings is 1. The van der Waals surface area contributed by atoms with Crippen LogP contribution in [0.3, 0.4) is 0 Å². The zero-order valence-electron chi connectivity index (χ0n) is 12.5. The number of anilines is 1. The van der Waals surface area contributed by atoms with E-state index >= 15 is 0 Å². The number of hydrogen-bond donors (Lipinski definition) is 1. The summed E-state index contributed by atoms with van der Waals surface area (Å²) >= 11 is 0. The van der Waals surface area contributed by atoms with Crippen molar-refractivity contribution in [2.75, 3.05) is 39.0 Å². The van der Waals surface area contributed by atoms with Gasteiger partial charge >= 0.3 is 0 Å². The molecule has 3 rings (SSSR count). The fraction of sp³-hybridized carbons (Fsp3) is 0.562. The van der Waals surface area contributed by atoms with E-state index in [4.69, 9.17) is 10.5 Å². The van der Waals surface area contributed by atoms with Gasteiger partial charge in [0.15, 0.2) is 0 Å². The van der Waals surface area contributed by atoms with Gasteiger partial charge in [-0.2, -0.15) is 0 Å². The van der Waals surface area contributed by atoms with Crippen molar-refractivity contribution in [1.29, 1.82) is 0 Å². The van der Waals surface area contributed by atoms with Crippen LogP contribution in [-0.2, 0) is 0 Å². The molecule has 114 valence electrons. The second-order valence-corrected chi connectivity index (χ2v) is 5.93. The van der Waals surface area contributed by atoms with Gasteiger partial charge in [0, 0.05) is 43.0 Å². The minimum atomic E-state index is 0.0609. The number of rotatable bonds is 2. The number of nitrogen functional groups attached to an aromatic ring is 1. The molecule has 21 heavy (non-hydrogen) atoms. The second-order valence-electron chi connectivity index (χ2n) is 5.93. The van der Waals surface area contributed by atoms with Crippen LogP contribution in [-0.4, -0.2) is 55.0 Å². The van der Waals surface area contributed by atoms with E-state index in [0.717, 1.165) is 19.6 Å². The van der Waals surface area contributed by atoms with Crippen LogP contribution in [0.4, 0.5) is 5.69 Å². The SMILES string of the molecule is COc1cc(N)cc(C(=O)N2CCN3CCCCC3C2)c1. The van der Waals surface area contributed by atoms with E-state index in [-0.39, 0.29) is 5.91 Å². The minimum Gasteiger partial charge on any atom is -0.497 e. The monoisotopic (exact) mass is 289 g/mol. The summed E-state index contributed by atoms with van der Waals surface area (Å²) in [6, 6.07) is 5.76. The van der Waals surface area contributed by atoms with Gasteiger partial charge in [-0.1, -0.05) is 6.42 Å². The lowest BCUT2D eigenvalue weighted by Gasteiger charge is -2.44. The van der Waals surface area contributed by atoms with Crippen LogP contribution >= 0.6 is 0 Å². The summed E-state index contributed by atoms with van der Waals surface area (Å²) in [5.41, 5.74) is 7.03. The highest BCUT2D eigenvalue weighted by Crippen LogP contribution is 2.24. The minimum absolute atomic E-state index is 0.0609. The summed E-state index contributed by atoms with van der Waals surface area (Å²) in [5.74, 6) is 0.695. The molecule has 2 aliphatic rings. The van der Waals surface area contributed by atoms with Gasteiger partial charge in [0.2, 0.25) is 0 Å². The third kappa shape index (κ3) is 2.97. The van der Waals surface area contributed by atoms with Crippen LogP contribution in [0, 0.1) is 0 Å². The zero-order chi connectivity index (χ0) is 14.8. The average molecular weight is 289 g/mol. The number of methoxy groups -OCH3 is 1. The largest absolute Gasteiger partial charge is 0.497 e. The van der Waals surface area contributed by atoms with Gasteiger partial charge in [0.05, 0.1) is 7.11 Å². The van der Waals surface area contributed by atoms with E-state index in [1.54, 1.807) is 25.3 Å². The smallest absolute Gasteiger partial charge is 0.254 e. The highest BCUT2D eigenvalue weighted by molar-refractivity contribution is 5.95. The van der Waals surface area contributed by atoms with E-state index in [0.29, 0.717) is 23.0 Å². The lowest BCUT2D eigenvalue weighted by atomic mass is 9.99. The van der Waals surface area contributed by atoms with Crippen molar-refractivity contribution in [2.24, 2.45) is 0 Å². The summed E-state index contributed by atoms with van der Waals surface area (Å²) in [5, 5.41) is 0. The fourth-order valence-corrected chi connectivity index (χ4v) is 3.39. The molecule has 0 radical (unpaired) electrons. The molecule has 1 amide bonds. The van der Waals surface area contributed by atoms with Crippen molar-refractivity contribution < 1.29 is 9.53 Å². The molecule has 1 aromatic rings. The molecule has 2 fully saturated rings. The quantitative estimate of drug-likeness (QED) is 0.840. The molecule has 5 heteroatoms. The van der Waals surface area contributed by atoms with Crippen LogP contribution in [0.2, 0.25) is 0 Å². The summed E-state index contributed by atoms with van der Waals surface area (Å²) in [6.45, 7) is 3.79. The molecule has 2 N–H and O–H groups in total. The second kappa shape index (κ2) is 5.93. The highest BCUT2D eigenvalue weighted by Gasteiger charge is 2.31. The van der Waals surface area contributed by atoms with E-state index in [2.05, 4.69) is 4.90 Å². The zero-order valence-corrected chi connectivity index (χ0v) is 12.5. The first kappa shape index (κ1) is 14.2. The number of fused-ring (bicyclic) bond motifs is 1. The van der Waals surface area contributed by atoms with Gasteiger partial charge in [-0.25, -0.2) is 0 Å². The molecule has 0 bridgehead atoms. The van der Waals surface area contributed by atoms with Crippen molar-refractivity contribution in [3.63, 3.8) is 0 Å². The molecule has 0 aliphatic carbocycles. The first-order valence-electron chi connectivity index (χ1n) is 7.65. The number of nitrogens with zero attached hydrogens (tertiary/aromatic N) is 2. The third-order valence-electron chi connectivity index (χ3n) is 4.54. The number of hydrogen-bond acceptors (Lipinski definition) is 4. The Kier molecular flexibility index (Phi) is 4.01. The van der Waals surface area contributed by atoms with E-state index in [1.807, 2.05) is 4.90 Å². The summed E-state index contributed by atoms with van der Waals surface area (Å²) in [6.07, 6.45) is 3.76. The third-order valence-corrected chi connectivity index (χ3v) is 4.54. The number of ether oxygens (including phenoxy) is 1. The summed E-state index contributed by atoms with van der Waals surface area (Å²) in [7, 11) is 1.59. The van der Waals surface area contributed by atoms with E-state index < -0.39 is 0 Å². The maximum atomic E-state index is 12.7. The van der Waals surface area contributed by atoms with Crippen molar-refractivity contribution in [3.8, 4) is 5.75 Å². The van der Waals surface area contributed by atoms with Gasteiger partial charge in [-0.05, 0) is 31.5 Å². The van der Waals surface area contributed by atoms with Gasteiger partial charge in [-0.3, -0.25) is 9.69 Å². The fourth-order valence-electron chi connectivity index (χ4n) is 3.39. The average Bonchev–Trinajstić information content (AvgIpc) is 2.53. The number of nitrogens with two attached hydrogens (primary N) is 1. The molecule has 2 saturated heterocycles. The summed E-state index contributed by atoms with van der Waals surface area (Å²) < 4.78 is 5.20. The first-order chi connectivity index (χ1) is 10.2. The normalized spacial score (nSPS) is 22.7. The van der Waals surface area contributed by atoms with Gasteiger partial charge in [0.1, 0.15) is 5.75 Å². The van der Waals surface area contributed by atoms with Crippen molar-refractivity contribution in [3.05, 3.63) is 23.8 Å². The molecule has 2 aliphatic heterocycles. The number of amides is 1. The molecule has 0 aromatic heterocycles. The molecule has 0 spiro atoms. The van der Waals surface area contributed by atoms with Crippen LogP contribution in [0.1, 0.15) is 29.6 Å². The van der Waals surface area contributed by atoms with Crippen molar-refractivity contribution >= 4 is 11.6 Å². The predicted octanol–water partition coefficient (Wildman–Crippen LogP) is 1.59. The van der Waals surface area contributed by atoms with Crippen LogP contribution in [0.5, 0.6) is 5.75 Å². The molecular formula is C16H23N3O2. The molecule has 5 nitrogen and oxygen atoms in total. The van der Waals surface area contributed by atoms with Crippen molar-refractivity contribution in [1.82, 2.24) is 9.80 Å². The van der Waals surface area contributed by atoms with E-state index in [1.165, 1.54) is 25.8 Å². The Labute approximate surface area is 125 Å². The molecule has 1 aromatic carbocycles. The number of carbonyl (C=O) groups is 1. The molecule has 1 unspecified atom stereocenters. The Balaban J connectivity index is 1.74. The number of piperidine rings is 1. The maximum Gasteiger partial charge on any atom is 0.254 e. The topological polar surface area (TPSA) is 58.8 Å². The molecule has 0 saturated carbocycles. The van der Waals surface area contributed by atoms with Gasteiger partial charge in [0.25, 0.3) is 5.91 Å². The molecule has 1 atom stereocenters. The predicted molar refractivity (Wildman–Crippen MR) is 82.5 cm³/mol.